The molecule has 1 aliphatic rings. The van der Waals surface area contributed by atoms with Gasteiger partial charge in [-0.2, -0.15) is 0 Å². The molecule has 1 aromatic heterocycles. The number of benzene rings is 2. The van der Waals surface area contributed by atoms with Gasteiger partial charge in [-0.3, -0.25) is 4.79 Å². The first-order chi connectivity index (χ1) is 13.1. The van der Waals surface area contributed by atoms with Gasteiger partial charge in [0.2, 0.25) is 12.7 Å². The third-order valence-corrected chi connectivity index (χ3v) is 4.02. The first-order valence-corrected chi connectivity index (χ1v) is 8.45. The zero-order chi connectivity index (χ0) is 18.8. The van der Waals surface area contributed by atoms with Gasteiger partial charge in [0.05, 0.1) is 5.56 Å². The predicted molar refractivity (Wildman–Crippen MR) is 102 cm³/mol. The lowest BCUT2D eigenvalue weighted by Crippen LogP contribution is -2.13. The predicted octanol–water partition coefficient (Wildman–Crippen LogP) is 3.82. The lowest BCUT2D eigenvalue weighted by atomic mass is 10.1. The zero-order valence-corrected chi connectivity index (χ0v) is 14.9. The summed E-state index contributed by atoms with van der Waals surface area (Å²) in [5.41, 5.74) is 4.08. The molecule has 0 unspecified atom stereocenters. The second kappa shape index (κ2) is 6.95. The Morgan fingerprint density at radius 1 is 0.926 bits per heavy atom. The number of aromatic nitrogens is 2. The van der Waals surface area contributed by atoms with Crippen LogP contribution in [0.2, 0.25) is 0 Å². The van der Waals surface area contributed by atoms with E-state index in [1.165, 1.54) is 12.4 Å². The average Bonchev–Trinajstić information content (AvgIpc) is 3.09. The van der Waals surface area contributed by atoms with Crippen LogP contribution in [0.15, 0.2) is 48.8 Å². The number of anilines is 3. The second-order valence-corrected chi connectivity index (χ2v) is 6.32. The minimum atomic E-state index is -0.255. The van der Waals surface area contributed by atoms with E-state index >= 15 is 0 Å². The first-order valence-electron chi connectivity index (χ1n) is 8.45. The Hall–Kier alpha value is -3.61. The van der Waals surface area contributed by atoms with Gasteiger partial charge in [-0.15, -0.1) is 0 Å². The van der Waals surface area contributed by atoms with E-state index in [0.29, 0.717) is 23.0 Å². The molecular weight excluding hydrogens is 344 g/mol. The number of rotatable bonds is 4. The molecule has 7 heteroatoms. The van der Waals surface area contributed by atoms with Crippen LogP contribution in [-0.2, 0) is 0 Å². The number of nitrogens with one attached hydrogen (secondary N) is 2. The van der Waals surface area contributed by atoms with Crippen molar-refractivity contribution in [3.8, 4) is 11.5 Å². The van der Waals surface area contributed by atoms with Gasteiger partial charge in [-0.1, -0.05) is 6.07 Å². The van der Waals surface area contributed by atoms with E-state index in [9.17, 15) is 4.79 Å². The van der Waals surface area contributed by atoms with Gasteiger partial charge in [-0.05, 0) is 49.2 Å². The number of amides is 1. The Morgan fingerprint density at radius 3 is 2.37 bits per heavy atom. The Labute approximate surface area is 156 Å². The Balaban J connectivity index is 1.44. The fourth-order valence-corrected chi connectivity index (χ4v) is 2.86. The third-order valence-electron chi connectivity index (χ3n) is 4.02. The number of hydrogen-bond acceptors (Lipinski definition) is 6. The van der Waals surface area contributed by atoms with Gasteiger partial charge in [0.1, 0.15) is 0 Å². The molecule has 0 bridgehead atoms. The average molecular weight is 362 g/mol. The fraction of sp³-hybridized carbons (Fsp3) is 0.150. The van der Waals surface area contributed by atoms with Crippen molar-refractivity contribution >= 4 is 23.2 Å². The Bertz CT molecular complexity index is 982. The van der Waals surface area contributed by atoms with Gasteiger partial charge in [-0.25, -0.2) is 9.97 Å². The molecule has 2 N–H and O–H groups in total. The molecule has 3 aromatic rings. The van der Waals surface area contributed by atoms with Crippen LogP contribution in [0.3, 0.4) is 0 Å². The summed E-state index contributed by atoms with van der Waals surface area (Å²) in [6.45, 7) is 4.20. The van der Waals surface area contributed by atoms with Crippen molar-refractivity contribution in [3.05, 3.63) is 65.5 Å². The summed E-state index contributed by atoms with van der Waals surface area (Å²) < 4.78 is 10.6. The Morgan fingerprint density at radius 2 is 1.63 bits per heavy atom. The molecule has 0 fully saturated rings. The van der Waals surface area contributed by atoms with Gasteiger partial charge in [0.25, 0.3) is 5.91 Å². The van der Waals surface area contributed by atoms with Gasteiger partial charge in [0, 0.05) is 29.8 Å². The van der Waals surface area contributed by atoms with Crippen molar-refractivity contribution in [2.45, 2.75) is 13.8 Å². The molecule has 2 heterocycles. The highest BCUT2D eigenvalue weighted by Gasteiger charge is 2.14. The van der Waals surface area contributed by atoms with Crippen LogP contribution in [-0.4, -0.2) is 22.7 Å². The van der Waals surface area contributed by atoms with Crippen molar-refractivity contribution in [2.75, 3.05) is 17.4 Å². The molecule has 27 heavy (non-hydrogen) atoms. The first kappa shape index (κ1) is 16.8. The summed E-state index contributed by atoms with van der Waals surface area (Å²) in [5.74, 6) is 1.51. The second-order valence-electron chi connectivity index (χ2n) is 6.32. The minimum Gasteiger partial charge on any atom is -0.454 e. The number of fused-ring (bicyclic) bond motifs is 1. The topological polar surface area (TPSA) is 85.4 Å². The van der Waals surface area contributed by atoms with E-state index in [2.05, 4.69) is 26.7 Å². The summed E-state index contributed by atoms with van der Waals surface area (Å²) in [6, 6.07) is 11.4. The van der Waals surface area contributed by atoms with Gasteiger partial charge in [0.15, 0.2) is 11.5 Å². The molecule has 2 aromatic carbocycles. The van der Waals surface area contributed by atoms with E-state index in [4.69, 9.17) is 9.47 Å². The van der Waals surface area contributed by atoms with Crippen LogP contribution in [0.1, 0.15) is 21.5 Å². The molecule has 0 saturated carbocycles. The number of aryl methyl sites for hydroxylation is 2. The maximum atomic E-state index is 12.4. The quantitative estimate of drug-likeness (QED) is 0.734. The molecule has 1 amide bonds. The number of hydrogen-bond donors (Lipinski definition) is 2. The zero-order valence-electron chi connectivity index (χ0n) is 14.9. The van der Waals surface area contributed by atoms with Crippen molar-refractivity contribution in [1.29, 1.82) is 0 Å². The van der Waals surface area contributed by atoms with Crippen molar-refractivity contribution in [3.63, 3.8) is 0 Å². The fourth-order valence-electron chi connectivity index (χ4n) is 2.86. The summed E-state index contributed by atoms with van der Waals surface area (Å²) >= 11 is 0. The third kappa shape index (κ3) is 3.82. The smallest absolute Gasteiger partial charge is 0.258 e. The highest BCUT2D eigenvalue weighted by Crippen LogP contribution is 2.34. The molecule has 0 saturated heterocycles. The van der Waals surface area contributed by atoms with Crippen LogP contribution in [0.5, 0.6) is 11.5 Å². The summed E-state index contributed by atoms with van der Waals surface area (Å²) in [7, 11) is 0. The van der Waals surface area contributed by atoms with Crippen molar-refractivity contribution in [1.82, 2.24) is 9.97 Å². The molecular formula is C20H18N4O3. The van der Waals surface area contributed by atoms with Crippen LogP contribution in [0.25, 0.3) is 0 Å². The molecule has 0 spiro atoms. The maximum Gasteiger partial charge on any atom is 0.258 e. The lowest BCUT2D eigenvalue weighted by Gasteiger charge is -2.08. The molecule has 0 aliphatic carbocycles. The summed E-state index contributed by atoms with van der Waals surface area (Å²) in [4.78, 5) is 20.8. The highest BCUT2D eigenvalue weighted by atomic mass is 16.7. The van der Waals surface area contributed by atoms with Crippen LogP contribution in [0, 0.1) is 13.8 Å². The summed E-state index contributed by atoms with van der Waals surface area (Å²) in [5, 5.41) is 5.94. The monoisotopic (exact) mass is 362 g/mol. The molecule has 136 valence electrons. The van der Waals surface area contributed by atoms with E-state index in [-0.39, 0.29) is 12.7 Å². The molecule has 7 nitrogen and oxygen atoms in total. The maximum absolute atomic E-state index is 12.4. The van der Waals surface area contributed by atoms with Crippen LogP contribution >= 0.6 is 0 Å². The molecule has 1 aliphatic heterocycles. The SMILES string of the molecule is Cc1cc(C)cc(NC(=O)c2cnc(Nc3ccc4c(c3)OCO4)nc2)c1. The van der Waals surface area contributed by atoms with Gasteiger partial charge >= 0.3 is 0 Å². The largest absolute Gasteiger partial charge is 0.454 e. The highest BCUT2D eigenvalue weighted by molar-refractivity contribution is 6.04. The number of carbonyl (C=O) groups is 1. The summed E-state index contributed by atoms with van der Waals surface area (Å²) in [6.07, 6.45) is 2.97. The van der Waals surface area contributed by atoms with Crippen LogP contribution < -0.4 is 20.1 Å². The van der Waals surface area contributed by atoms with Crippen molar-refractivity contribution in [2.24, 2.45) is 0 Å². The van der Waals surface area contributed by atoms with Crippen molar-refractivity contribution < 1.29 is 14.3 Å². The van der Waals surface area contributed by atoms with E-state index in [0.717, 1.165) is 22.5 Å². The van der Waals surface area contributed by atoms with E-state index in [1.807, 2.05) is 44.2 Å². The lowest BCUT2D eigenvalue weighted by molar-refractivity contribution is 0.102. The van der Waals surface area contributed by atoms with Crippen LogP contribution in [0.4, 0.5) is 17.3 Å². The molecule has 0 radical (unpaired) electrons. The molecule has 4 rings (SSSR count). The Kier molecular flexibility index (Phi) is 4.33. The number of nitrogens with zero attached hydrogens (tertiary/aromatic N) is 2. The number of carbonyl (C=O) groups excluding carboxylic acids is 1. The number of ether oxygens (including phenoxy) is 2. The minimum absolute atomic E-state index is 0.222. The standard InChI is InChI=1S/C20H18N4O3/c1-12-5-13(2)7-16(6-12)23-19(25)14-9-21-20(22-10-14)24-15-3-4-17-18(8-15)27-11-26-17/h3-10H,11H2,1-2H3,(H,23,25)(H,21,22,24). The van der Waals surface area contributed by atoms with E-state index < -0.39 is 0 Å². The van der Waals surface area contributed by atoms with E-state index in [1.54, 1.807) is 0 Å². The molecule has 0 atom stereocenters. The van der Waals surface area contributed by atoms with Gasteiger partial charge < -0.3 is 20.1 Å². The normalized spacial score (nSPS) is 11.9.